The van der Waals surface area contributed by atoms with Crippen LogP contribution in [0.5, 0.6) is 0 Å². The maximum absolute atomic E-state index is 12.7. The standard InChI is InChI=1S/C6H9N2O2.3C4H9.Sn/c1-6(2,3)10-5(9)4-8-7;3*1-3-4-2;/h1-3H3;3*1,3-4H2,2H3;. The molecule has 23 heavy (non-hydrogen) atoms. The van der Waals surface area contributed by atoms with Gasteiger partial charge in [-0.2, -0.15) is 0 Å². The van der Waals surface area contributed by atoms with E-state index in [1.165, 1.54) is 0 Å². The van der Waals surface area contributed by atoms with Crippen molar-refractivity contribution in [1.29, 1.82) is 0 Å². The summed E-state index contributed by atoms with van der Waals surface area (Å²) < 4.78 is 9.26. The van der Waals surface area contributed by atoms with Crippen LogP contribution >= 0.6 is 0 Å². The Kier molecular flexibility index (Phi) is 11.1. The summed E-state index contributed by atoms with van der Waals surface area (Å²) in [5, 5.41) is 0. The van der Waals surface area contributed by atoms with E-state index in [0.717, 1.165) is 51.8 Å². The molecule has 0 aliphatic rings. The summed E-state index contributed by atoms with van der Waals surface area (Å²) in [6, 6.07) is 0. The number of hydrogen-bond acceptors (Lipinski definition) is 2. The first-order valence-corrected chi connectivity index (χ1v) is 16.7. The Morgan fingerprint density at radius 3 is 1.61 bits per heavy atom. The SMILES string of the molecule is CCC[CH2][Sn]([CH2]CCC)([CH2]CCC)[C](=[N+]=[N-])C(=O)OC(C)(C)C. The Hall–Kier alpha value is -0.351. The van der Waals surface area contributed by atoms with Crippen molar-refractivity contribution >= 4 is 28.1 Å². The zero-order chi connectivity index (χ0) is 17.9. The van der Waals surface area contributed by atoms with E-state index in [9.17, 15) is 10.3 Å². The average molecular weight is 431 g/mol. The summed E-state index contributed by atoms with van der Waals surface area (Å²) in [6.07, 6.45) is 6.69. The van der Waals surface area contributed by atoms with Crippen LogP contribution < -0.4 is 0 Å². The molecule has 0 N–H and O–H groups in total. The third-order valence-corrected chi connectivity index (χ3v) is 19.2. The van der Waals surface area contributed by atoms with E-state index in [0.29, 0.717) is 3.73 Å². The first-order chi connectivity index (χ1) is 10.8. The van der Waals surface area contributed by atoms with Gasteiger partial charge in [-0.1, -0.05) is 0 Å². The third-order valence-electron chi connectivity index (χ3n) is 4.22. The van der Waals surface area contributed by atoms with Gasteiger partial charge in [-0.3, -0.25) is 0 Å². The second-order valence-corrected chi connectivity index (χ2v) is 20.5. The fraction of sp³-hybridized carbons (Fsp3) is 0.889. The molecule has 0 amide bonds. The van der Waals surface area contributed by atoms with Crippen LogP contribution in [-0.2, 0) is 9.53 Å². The van der Waals surface area contributed by atoms with Crippen molar-refractivity contribution in [2.45, 2.75) is 99.0 Å². The molecule has 0 aromatic carbocycles. The molecule has 0 aromatic heterocycles. The number of ether oxygens (including phenoxy) is 1. The van der Waals surface area contributed by atoms with Crippen molar-refractivity contribution in [2.24, 2.45) is 0 Å². The first kappa shape index (κ1) is 22.6. The number of rotatable bonds is 11. The Morgan fingerprint density at radius 1 is 0.957 bits per heavy atom. The molecule has 0 saturated carbocycles. The molecule has 0 radical (unpaired) electrons. The van der Waals surface area contributed by atoms with Gasteiger partial charge in [0.15, 0.2) is 0 Å². The summed E-state index contributed by atoms with van der Waals surface area (Å²) in [7, 11) is 0. The fourth-order valence-electron chi connectivity index (χ4n) is 2.97. The van der Waals surface area contributed by atoms with Gasteiger partial charge in [0, 0.05) is 0 Å². The fourth-order valence-corrected chi connectivity index (χ4v) is 17.9. The van der Waals surface area contributed by atoms with E-state index >= 15 is 0 Å². The van der Waals surface area contributed by atoms with Crippen molar-refractivity contribution in [3.05, 3.63) is 5.53 Å². The van der Waals surface area contributed by atoms with Gasteiger partial charge in [0.25, 0.3) is 0 Å². The van der Waals surface area contributed by atoms with Crippen LogP contribution in [0, 0.1) is 0 Å². The molecule has 0 heterocycles. The minimum absolute atomic E-state index is 0.376. The molecule has 5 heteroatoms. The molecule has 0 aliphatic carbocycles. The van der Waals surface area contributed by atoms with Crippen molar-refractivity contribution in [3.63, 3.8) is 0 Å². The predicted octanol–water partition coefficient (Wildman–Crippen LogP) is 5.39. The molecule has 0 rings (SSSR count). The van der Waals surface area contributed by atoms with Crippen molar-refractivity contribution in [3.8, 4) is 0 Å². The van der Waals surface area contributed by atoms with Gasteiger partial charge in [-0.15, -0.1) is 0 Å². The van der Waals surface area contributed by atoms with Crippen LogP contribution in [0.25, 0.3) is 5.53 Å². The Morgan fingerprint density at radius 2 is 1.35 bits per heavy atom. The second kappa shape index (κ2) is 11.2. The molecule has 134 valence electrons. The van der Waals surface area contributed by atoms with E-state index in [-0.39, 0.29) is 5.97 Å². The van der Waals surface area contributed by atoms with Gasteiger partial charge in [-0.05, 0) is 0 Å². The summed E-state index contributed by atoms with van der Waals surface area (Å²) in [5.74, 6) is -0.376. The zero-order valence-electron chi connectivity index (χ0n) is 16.1. The van der Waals surface area contributed by atoms with Gasteiger partial charge in [0.05, 0.1) is 0 Å². The van der Waals surface area contributed by atoms with E-state index in [1.807, 2.05) is 20.8 Å². The molecule has 0 saturated heterocycles. The van der Waals surface area contributed by atoms with Crippen molar-refractivity contribution in [2.75, 3.05) is 0 Å². The summed E-state index contributed by atoms with van der Waals surface area (Å²) >= 11 is -3.03. The third kappa shape index (κ3) is 8.34. The minimum atomic E-state index is -3.03. The van der Waals surface area contributed by atoms with Crippen LogP contribution in [0.1, 0.15) is 80.1 Å². The number of hydrogen-bond donors (Lipinski definition) is 0. The van der Waals surface area contributed by atoms with E-state index < -0.39 is 24.0 Å². The zero-order valence-corrected chi connectivity index (χ0v) is 18.9. The van der Waals surface area contributed by atoms with Crippen LogP contribution in [-0.4, -0.2) is 38.5 Å². The van der Waals surface area contributed by atoms with E-state index in [4.69, 9.17) is 4.74 Å². The summed E-state index contributed by atoms with van der Waals surface area (Å²) in [4.78, 5) is 16.2. The molecule has 0 bridgehead atoms. The van der Waals surface area contributed by atoms with Gasteiger partial charge in [0.2, 0.25) is 0 Å². The molecule has 0 fully saturated rings. The molecule has 0 spiro atoms. The van der Waals surface area contributed by atoms with Crippen molar-refractivity contribution < 1.29 is 14.3 Å². The summed E-state index contributed by atoms with van der Waals surface area (Å²) in [6.45, 7) is 12.1. The quantitative estimate of drug-likeness (QED) is 0.145. The van der Waals surface area contributed by atoms with E-state index in [2.05, 4.69) is 25.6 Å². The molecule has 0 atom stereocenters. The normalized spacial score (nSPS) is 11.9. The number of nitrogens with zero attached hydrogens (tertiary/aromatic N) is 2. The number of esters is 1. The van der Waals surface area contributed by atoms with E-state index in [1.54, 1.807) is 0 Å². The maximum atomic E-state index is 12.7. The Balaban J connectivity index is 5.61. The molecule has 4 nitrogen and oxygen atoms in total. The van der Waals surface area contributed by atoms with Crippen LogP contribution in [0.15, 0.2) is 0 Å². The Bertz CT molecular complexity index is 388. The monoisotopic (exact) mass is 432 g/mol. The number of carbonyl (C=O) groups excluding carboxylic acids is 1. The Labute approximate surface area is 146 Å². The van der Waals surface area contributed by atoms with Crippen LogP contribution in [0.3, 0.4) is 0 Å². The van der Waals surface area contributed by atoms with Gasteiger partial charge < -0.3 is 0 Å². The molecule has 0 unspecified atom stereocenters. The molecular weight excluding hydrogens is 395 g/mol. The summed E-state index contributed by atoms with van der Waals surface area (Å²) in [5.41, 5.74) is 9.12. The molecule has 0 aliphatic heterocycles. The molecular formula is C18H36N2O2Sn. The van der Waals surface area contributed by atoms with Crippen LogP contribution in [0.2, 0.25) is 13.3 Å². The average Bonchev–Trinajstić information content (AvgIpc) is 2.47. The number of carbonyl (C=O) groups is 1. The molecule has 0 aromatic rings. The van der Waals surface area contributed by atoms with Gasteiger partial charge in [0.1, 0.15) is 0 Å². The number of unbranched alkanes of at least 4 members (excludes halogenated alkanes) is 3. The topological polar surface area (TPSA) is 62.7 Å². The first-order valence-electron chi connectivity index (χ1n) is 9.22. The predicted molar refractivity (Wildman–Crippen MR) is 99.4 cm³/mol. The van der Waals surface area contributed by atoms with Crippen molar-refractivity contribution in [1.82, 2.24) is 0 Å². The van der Waals surface area contributed by atoms with Crippen LogP contribution in [0.4, 0.5) is 0 Å². The van der Waals surface area contributed by atoms with Gasteiger partial charge >= 0.3 is 147 Å². The van der Waals surface area contributed by atoms with Gasteiger partial charge in [-0.25, -0.2) is 0 Å². The second-order valence-electron chi connectivity index (χ2n) is 7.54.